The predicted octanol–water partition coefficient (Wildman–Crippen LogP) is 0.783. The van der Waals surface area contributed by atoms with Gasteiger partial charge in [-0.25, -0.2) is 0 Å². The highest BCUT2D eigenvalue weighted by atomic mass is 32.2. The summed E-state index contributed by atoms with van der Waals surface area (Å²) in [5.41, 5.74) is 0. The van der Waals surface area contributed by atoms with E-state index < -0.39 is 0 Å². The first-order valence-electron chi connectivity index (χ1n) is 3.29. The highest BCUT2D eigenvalue weighted by Crippen LogP contribution is 2.19. The molecule has 0 saturated carbocycles. The Balaban J connectivity index is 2.43. The Kier molecular flexibility index (Phi) is 3.15. The van der Waals surface area contributed by atoms with Crippen LogP contribution in [0.1, 0.15) is 6.42 Å². The van der Waals surface area contributed by atoms with Crippen LogP contribution in [0.15, 0.2) is 0 Å². The van der Waals surface area contributed by atoms with E-state index in [1.54, 1.807) is 11.8 Å². The Hall–Kier alpha value is 0.410. The molecule has 0 radical (unpaired) electrons. The van der Waals surface area contributed by atoms with Crippen LogP contribution in [0.3, 0.4) is 0 Å². The first-order valence-corrected chi connectivity index (χ1v) is 5.09. The number of rotatable bonds is 1. The second kappa shape index (κ2) is 3.70. The van der Waals surface area contributed by atoms with Crippen molar-refractivity contribution >= 4 is 26.9 Å². The zero-order chi connectivity index (χ0) is 7.56. The molecule has 0 aliphatic carbocycles. The molecule has 0 aromatic carbocycles. The molecule has 2 atom stereocenters. The van der Waals surface area contributed by atoms with E-state index in [0.29, 0.717) is 12.3 Å². The number of thioether (sulfide) groups is 1. The largest absolute Gasteiger partial charge is 0.297 e. The summed E-state index contributed by atoms with van der Waals surface area (Å²) in [7, 11) is 2.57. The maximum absolute atomic E-state index is 11.2. The van der Waals surface area contributed by atoms with Gasteiger partial charge in [-0.05, 0) is 12.7 Å². The second-order valence-electron chi connectivity index (χ2n) is 2.45. The third-order valence-corrected chi connectivity index (χ3v) is 3.19. The third-order valence-electron chi connectivity index (χ3n) is 1.68. The average Bonchev–Trinajstić information content (AvgIpc) is 1.88. The molecule has 1 aliphatic heterocycles. The molecule has 58 valence electrons. The Bertz CT molecular complexity index is 142. The number of Topliss-reactive ketones (excluding diaryl/α,β-unsaturated/α-hetero) is 1. The average molecular weight is 177 g/mol. The minimum Gasteiger partial charge on any atom is -0.297 e. The minimum absolute atomic E-state index is 0.261. The lowest BCUT2D eigenvalue weighted by atomic mass is 10.1. The zero-order valence-electron chi connectivity index (χ0n) is 6.04. The molecule has 1 fully saturated rings. The van der Waals surface area contributed by atoms with E-state index >= 15 is 0 Å². The van der Waals surface area contributed by atoms with Crippen LogP contribution in [-0.2, 0) is 4.79 Å². The lowest BCUT2D eigenvalue weighted by Gasteiger charge is -2.25. The summed E-state index contributed by atoms with van der Waals surface area (Å²) in [6, 6.07) is 0. The summed E-state index contributed by atoms with van der Waals surface area (Å²) in [4.78, 5) is 11.2. The van der Waals surface area contributed by atoms with Gasteiger partial charge in [-0.3, -0.25) is 9.46 Å². The van der Waals surface area contributed by atoms with E-state index in [9.17, 15) is 4.79 Å². The molecule has 1 saturated heterocycles. The molecule has 1 aliphatic rings. The molecule has 0 aromatic heterocycles. The Morgan fingerprint density at radius 1 is 1.80 bits per heavy atom. The SMILES string of the molecule is CSC1CCN(P)CC1=O. The Labute approximate surface area is 68.0 Å². The predicted molar refractivity (Wildman–Crippen MR) is 48.2 cm³/mol. The minimum atomic E-state index is 0.261. The quantitative estimate of drug-likeness (QED) is 0.552. The van der Waals surface area contributed by atoms with Crippen LogP contribution in [0, 0.1) is 0 Å². The zero-order valence-corrected chi connectivity index (χ0v) is 8.01. The lowest BCUT2D eigenvalue weighted by Crippen LogP contribution is -2.36. The van der Waals surface area contributed by atoms with Crippen LogP contribution < -0.4 is 0 Å². The van der Waals surface area contributed by atoms with Crippen molar-refractivity contribution < 1.29 is 4.79 Å². The van der Waals surface area contributed by atoms with Gasteiger partial charge in [-0.1, -0.05) is 9.39 Å². The van der Waals surface area contributed by atoms with Crippen molar-refractivity contribution in [3.05, 3.63) is 0 Å². The summed E-state index contributed by atoms with van der Waals surface area (Å²) in [5, 5.41) is 0.261. The fourth-order valence-corrected chi connectivity index (χ4v) is 2.08. The number of carbonyl (C=O) groups is 1. The van der Waals surface area contributed by atoms with Crippen molar-refractivity contribution in [3.8, 4) is 0 Å². The summed E-state index contributed by atoms with van der Waals surface area (Å²) in [5.74, 6) is 0.369. The van der Waals surface area contributed by atoms with Crippen LogP contribution in [0.5, 0.6) is 0 Å². The van der Waals surface area contributed by atoms with Crippen LogP contribution in [0.25, 0.3) is 0 Å². The van der Waals surface area contributed by atoms with Gasteiger partial charge in [-0.2, -0.15) is 11.8 Å². The Morgan fingerprint density at radius 2 is 2.50 bits per heavy atom. The molecular weight excluding hydrogens is 165 g/mol. The lowest BCUT2D eigenvalue weighted by molar-refractivity contribution is -0.120. The molecule has 1 rings (SSSR count). The molecule has 0 bridgehead atoms. The second-order valence-corrected chi connectivity index (χ2v) is 4.22. The van der Waals surface area contributed by atoms with Gasteiger partial charge in [0.05, 0.1) is 11.8 Å². The number of nitrogens with zero attached hydrogens (tertiary/aromatic N) is 1. The van der Waals surface area contributed by atoms with E-state index in [2.05, 4.69) is 9.39 Å². The first-order chi connectivity index (χ1) is 4.74. The van der Waals surface area contributed by atoms with Gasteiger partial charge < -0.3 is 0 Å². The number of hydrogen-bond donors (Lipinski definition) is 0. The number of ketones is 1. The summed E-state index contributed by atoms with van der Waals surface area (Å²) < 4.78 is 2.00. The number of hydrogen-bond acceptors (Lipinski definition) is 3. The van der Waals surface area contributed by atoms with Gasteiger partial charge in [0.2, 0.25) is 0 Å². The monoisotopic (exact) mass is 177 g/mol. The molecule has 0 N–H and O–H groups in total. The highest BCUT2D eigenvalue weighted by molar-refractivity contribution is 7.99. The molecule has 4 heteroatoms. The van der Waals surface area contributed by atoms with Crippen molar-refractivity contribution in [1.82, 2.24) is 4.67 Å². The van der Waals surface area contributed by atoms with Crippen LogP contribution in [0.4, 0.5) is 0 Å². The fourth-order valence-electron chi connectivity index (χ4n) is 1.07. The van der Waals surface area contributed by atoms with Gasteiger partial charge >= 0.3 is 0 Å². The molecule has 10 heavy (non-hydrogen) atoms. The highest BCUT2D eigenvalue weighted by Gasteiger charge is 2.23. The van der Waals surface area contributed by atoms with Gasteiger partial charge in [0.25, 0.3) is 0 Å². The molecule has 2 unspecified atom stereocenters. The van der Waals surface area contributed by atoms with Gasteiger partial charge in [0.1, 0.15) is 0 Å². The van der Waals surface area contributed by atoms with Gasteiger partial charge in [0.15, 0.2) is 5.78 Å². The van der Waals surface area contributed by atoms with Crippen molar-refractivity contribution in [1.29, 1.82) is 0 Å². The molecular formula is C6H12NOPS. The van der Waals surface area contributed by atoms with Crippen LogP contribution >= 0.6 is 21.2 Å². The van der Waals surface area contributed by atoms with Crippen molar-refractivity contribution in [2.75, 3.05) is 19.3 Å². The molecule has 0 spiro atoms. The molecule has 0 amide bonds. The Morgan fingerprint density at radius 3 is 3.00 bits per heavy atom. The molecule has 1 heterocycles. The van der Waals surface area contributed by atoms with E-state index in [1.165, 1.54) is 0 Å². The summed E-state index contributed by atoms with van der Waals surface area (Å²) >= 11 is 1.67. The van der Waals surface area contributed by atoms with Gasteiger partial charge in [-0.15, -0.1) is 0 Å². The van der Waals surface area contributed by atoms with E-state index in [0.717, 1.165) is 13.0 Å². The van der Waals surface area contributed by atoms with E-state index in [1.807, 2.05) is 10.9 Å². The summed E-state index contributed by atoms with van der Waals surface area (Å²) in [6.07, 6.45) is 3.00. The van der Waals surface area contributed by atoms with Crippen molar-refractivity contribution in [2.45, 2.75) is 11.7 Å². The molecule has 2 nitrogen and oxygen atoms in total. The van der Waals surface area contributed by atoms with Crippen molar-refractivity contribution in [3.63, 3.8) is 0 Å². The topological polar surface area (TPSA) is 20.3 Å². The summed E-state index contributed by atoms with van der Waals surface area (Å²) in [6.45, 7) is 1.64. The third kappa shape index (κ3) is 1.94. The fraction of sp³-hybridized carbons (Fsp3) is 0.833. The smallest absolute Gasteiger partial charge is 0.160 e. The van der Waals surface area contributed by atoms with Gasteiger partial charge in [0, 0.05) is 6.54 Å². The van der Waals surface area contributed by atoms with Crippen molar-refractivity contribution in [2.24, 2.45) is 0 Å². The first kappa shape index (κ1) is 8.51. The van der Waals surface area contributed by atoms with E-state index in [4.69, 9.17) is 0 Å². The number of carbonyl (C=O) groups excluding carboxylic acids is 1. The van der Waals surface area contributed by atoms with Crippen LogP contribution in [0.2, 0.25) is 0 Å². The maximum Gasteiger partial charge on any atom is 0.160 e. The standard InChI is InChI=1S/C6H12NOPS/c1-10-6-2-3-7(9)4-5(6)8/h6H,2-4,9H2,1H3. The normalized spacial score (nSPS) is 29.0. The van der Waals surface area contributed by atoms with Crippen LogP contribution in [-0.4, -0.2) is 35.0 Å². The van der Waals surface area contributed by atoms with E-state index in [-0.39, 0.29) is 5.25 Å². The molecule has 0 aromatic rings. The number of piperidine rings is 1. The maximum atomic E-state index is 11.2.